The summed E-state index contributed by atoms with van der Waals surface area (Å²) in [5.41, 5.74) is 0. The summed E-state index contributed by atoms with van der Waals surface area (Å²) in [6, 6.07) is 0. The molecule has 8 heteroatoms. The summed E-state index contributed by atoms with van der Waals surface area (Å²) >= 11 is 1.70. The van der Waals surface area contributed by atoms with Gasteiger partial charge in [-0.25, -0.2) is 8.78 Å². The van der Waals surface area contributed by atoms with E-state index in [0.717, 1.165) is 12.8 Å². The van der Waals surface area contributed by atoms with Gasteiger partial charge in [-0.2, -0.15) is 20.5 Å². The van der Waals surface area contributed by atoms with Crippen molar-refractivity contribution in [2.24, 2.45) is 5.92 Å². The summed E-state index contributed by atoms with van der Waals surface area (Å²) in [7, 11) is 0. The third-order valence-electron chi connectivity index (χ3n) is 4.40. The molecule has 0 aromatic heterocycles. The first-order valence-electron chi connectivity index (χ1n) is 8.62. The average Bonchev–Trinajstić information content (AvgIpc) is 2.65. The maximum atomic E-state index is 12.9. The summed E-state index contributed by atoms with van der Waals surface area (Å²) in [6.45, 7) is 0.0256. The van der Waals surface area contributed by atoms with Crippen LogP contribution in [0.3, 0.4) is 0 Å². The highest BCUT2D eigenvalue weighted by molar-refractivity contribution is 7.99. The molecule has 1 saturated heterocycles. The number of halogens is 4. The quantitative estimate of drug-likeness (QED) is 0.499. The zero-order valence-electron chi connectivity index (χ0n) is 14.6. The van der Waals surface area contributed by atoms with Crippen LogP contribution in [0.5, 0.6) is 0 Å². The van der Waals surface area contributed by atoms with Crippen LogP contribution in [0, 0.1) is 17.8 Å². The van der Waals surface area contributed by atoms with Crippen molar-refractivity contribution in [1.29, 1.82) is 0 Å². The minimum atomic E-state index is -4.08. The van der Waals surface area contributed by atoms with Crippen molar-refractivity contribution in [2.45, 2.75) is 55.7 Å². The molecule has 148 valence electrons. The molecular weight excluding hydrogens is 372 g/mol. The van der Waals surface area contributed by atoms with Crippen molar-refractivity contribution in [3.05, 3.63) is 12.2 Å². The van der Waals surface area contributed by atoms with Gasteiger partial charge in [0.15, 0.2) is 0 Å². The van der Waals surface area contributed by atoms with Crippen LogP contribution in [0.25, 0.3) is 0 Å². The lowest BCUT2D eigenvalue weighted by Crippen LogP contribution is -2.35. The van der Waals surface area contributed by atoms with Gasteiger partial charge in [-0.3, -0.25) is 0 Å². The van der Waals surface area contributed by atoms with Crippen LogP contribution in [0.4, 0.5) is 17.6 Å². The van der Waals surface area contributed by atoms with Crippen molar-refractivity contribution in [3.8, 4) is 11.8 Å². The molecule has 2 aliphatic rings. The van der Waals surface area contributed by atoms with E-state index in [0.29, 0.717) is 31.3 Å². The Hall–Kier alpha value is -0.750. The van der Waals surface area contributed by atoms with E-state index in [2.05, 4.69) is 11.8 Å². The zero-order chi connectivity index (χ0) is 19.0. The van der Waals surface area contributed by atoms with Crippen LogP contribution in [0.1, 0.15) is 25.7 Å². The van der Waals surface area contributed by atoms with Gasteiger partial charge >= 0.3 is 12.3 Å². The highest BCUT2D eigenvalue weighted by Crippen LogP contribution is 2.30. The summed E-state index contributed by atoms with van der Waals surface area (Å²) < 4.78 is 65.8. The number of thioether (sulfide) groups is 1. The molecule has 26 heavy (non-hydrogen) atoms. The van der Waals surface area contributed by atoms with Crippen molar-refractivity contribution >= 4 is 11.8 Å². The molecule has 2 rings (SSSR count). The van der Waals surface area contributed by atoms with E-state index in [1.54, 1.807) is 17.8 Å². The predicted octanol–water partition coefficient (Wildman–Crippen LogP) is 4.13. The molecule has 0 aromatic rings. The van der Waals surface area contributed by atoms with Gasteiger partial charge < -0.3 is 14.2 Å². The molecule has 3 nitrogen and oxygen atoms in total. The van der Waals surface area contributed by atoms with E-state index in [-0.39, 0.29) is 12.0 Å². The van der Waals surface area contributed by atoms with Gasteiger partial charge in [-0.1, -0.05) is 12.0 Å². The van der Waals surface area contributed by atoms with Gasteiger partial charge in [-0.05, 0) is 49.9 Å². The molecule has 1 aliphatic carbocycles. The van der Waals surface area contributed by atoms with E-state index >= 15 is 0 Å². The lowest BCUT2D eigenvalue weighted by molar-refractivity contribution is -0.178. The minimum absolute atomic E-state index is 0.286. The first kappa shape index (κ1) is 21.5. The lowest BCUT2D eigenvalue weighted by Gasteiger charge is -2.28. The molecule has 2 fully saturated rings. The number of ether oxygens (including phenoxy) is 3. The van der Waals surface area contributed by atoms with E-state index in [9.17, 15) is 17.6 Å². The Morgan fingerprint density at radius 2 is 1.85 bits per heavy atom. The van der Waals surface area contributed by atoms with Crippen molar-refractivity contribution in [3.63, 3.8) is 0 Å². The molecule has 0 aromatic carbocycles. The molecular formula is C18H24F4O3S. The summed E-state index contributed by atoms with van der Waals surface area (Å²) in [5, 5.41) is 0.349. The predicted molar refractivity (Wildman–Crippen MR) is 92.6 cm³/mol. The summed E-state index contributed by atoms with van der Waals surface area (Å²) in [5.74, 6) is 2.00. The maximum Gasteiger partial charge on any atom is 0.330 e. The number of hydrogen-bond donors (Lipinski definition) is 0. The molecule has 1 saturated carbocycles. The molecule has 0 N–H and O–H groups in total. The summed E-state index contributed by atoms with van der Waals surface area (Å²) in [6.07, 6.45) is 3.84. The minimum Gasteiger partial charge on any atom is -0.372 e. The smallest absolute Gasteiger partial charge is 0.330 e. The normalized spacial score (nSPS) is 30.4. The van der Waals surface area contributed by atoms with Crippen LogP contribution < -0.4 is 0 Å². The first-order chi connectivity index (χ1) is 12.4. The topological polar surface area (TPSA) is 27.7 Å². The standard InChI is InChI=1S/C18H24F4O3S/c1-26-15-10-23-16(24-11-15)5-3-2-4-13-6-8-14(9-7-13)25-12-18(21,22)17(19)20/h2,4,13-17H,6-12H2,1H3/b4-2+. The monoisotopic (exact) mass is 396 g/mol. The Morgan fingerprint density at radius 3 is 2.42 bits per heavy atom. The Balaban J connectivity index is 1.64. The van der Waals surface area contributed by atoms with E-state index in [1.807, 2.05) is 12.3 Å². The van der Waals surface area contributed by atoms with Crippen LogP contribution in [-0.2, 0) is 14.2 Å². The fourth-order valence-corrected chi connectivity index (χ4v) is 3.17. The van der Waals surface area contributed by atoms with E-state index < -0.39 is 25.2 Å². The first-order valence-corrected chi connectivity index (χ1v) is 9.91. The Morgan fingerprint density at radius 1 is 1.19 bits per heavy atom. The Labute approximate surface area is 155 Å². The molecule has 0 radical (unpaired) electrons. The second kappa shape index (κ2) is 10.5. The fourth-order valence-electron chi connectivity index (χ4n) is 2.75. The molecule has 0 amide bonds. The molecule has 1 heterocycles. The van der Waals surface area contributed by atoms with Gasteiger partial charge in [0, 0.05) is 0 Å². The maximum absolute atomic E-state index is 12.9. The largest absolute Gasteiger partial charge is 0.372 e. The fraction of sp³-hybridized carbons (Fsp3) is 0.778. The Kier molecular flexibility index (Phi) is 8.74. The van der Waals surface area contributed by atoms with Crippen LogP contribution >= 0.6 is 11.8 Å². The number of allylic oxidation sites excluding steroid dienone is 2. The number of hydrogen-bond acceptors (Lipinski definition) is 4. The third kappa shape index (κ3) is 7.10. The molecule has 0 atom stereocenters. The van der Waals surface area contributed by atoms with Crippen LogP contribution in [0.2, 0.25) is 0 Å². The summed E-state index contributed by atoms with van der Waals surface area (Å²) in [4.78, 5) is 0. The van der Waals surface area contributed by atoms with Gasteiger partial charge in [0.2, 0.25) is 6.29 Å². The van der Waals surface area contributed by atoms with E-state index in [4.69, 9.17) is 14.2 Å². The highest BCUT2D eigenvalue weighted by atomic mass is 32.2. The molecule has 1 aliphatic heterocycles. The number of alkyl halides is 4. The number of rotatable bonds is 6. The molecule has 0 bridgehead atoms. The SMILES string of the molecule is CSC1COC(C#C/C=C/C2CCC(OCC(F)(F)C(F)F)CC2)OC1. The van der Waals surface area contributed by atoms with E-state index in [1.165, 1.54) is 0 Å². The van der Waals surface area contributed by atoms with Crippen molar-refractivity contribution in [2.75, 3.05) is 26.1 Å². The Bertz CT molecular complexity index is 502. The van der Waals surface area contributed by atoms with Gasteiger partial charge in [0.05, 0.1) is 24.6 Å². The van der Waals surface area contributed by atoms with Gasteiger partial charge in [0.25, 0.3) is 0 Å². The van der Waals surface area contributed by atoms with Gasteiger partial charge in [-0.15, -0.1) is 0 Å². The second-order valence-corrected chi connectivity index (χ2v) is 7.55. The molecule has 0 unspecified atom stereocenters. The van der Waals surface area contributed by atoms with Crippen molar-refractivity contribution < 1.29 is 31.8 Å². The lowest BCUT2D eigenvalue weighted by atomic mass is 9.87. The van der Waals surface area contributed by atoms with Crippen molar-refractivity contribution in [1.82, 2.24) is 0 Å². The second-order valence-electron chi connectivity index (χ2n) is 6.41. The highest BCUT2D eigenvalue weighted by Gasteiger charge is 2.41. The van der Waals surface area contributed by atoms with Crippen LogP contribution in [0.15, 0.2) is 12.2 Å². The third-order valence-corrected chi connectivity index (χ3v) is 5.34. The van der Waals surface area contributed by atoms with Gasteiger partial charge in [0.1, 0.15) is 6.61 Å². The zero-order valence-corrected chi connectivity index (χ0v) is 15.5. The average molecular weight is 396 g/mol. The molecule has 0 spiro atoms. The van der Waals surface area contributed by atoms with Crippen LogP contribution in [-0.4, -0.2) is 56.1 Å².